The quantitative estimate of drug-likeness (QED) is 0.643. The maximum Gasteiger partial charge on any atom is 0.0574 e. The first-order valence-corrected chi connectivity index (χ1v) is 7.89. The Balaban J connectivity index is 1.91. The molecule has 1 aliphatic rings. The van der Waals surface area contributed by atoms with E-state index in [1.54, 1.807) is 0 Å². The Bertz CT molecular complexity index is 480. The van der Waals surface area contributed by atoms with Crippen LogP contribution in [0.15, 0.2) is 24.8 Å². The molecule has 4 nitrogen and oxygen atoms in total. The molecule has 0 radical (unpaired) electrons. The SMILES string of the molecule is C=C(c1ccc(NCC(C)CCCN)c(N)c1)N1CCC1. The topological polar surface area (TPSA) is 67.3 Å². The zero-order chi connectivity index (χ0) is 15.2. The molecule has 1 unspecified atom stereocenters. The van der Waals surface area contributed by atoms with E-state index in [0.29, 0.717) is 5.92 Å². The van der Waals surface area contributed by atoms with Crippen LogP contribution in [0.2, 0.25) is 0 Å². The predicted molar refractivity (Wildman–Crippen MR) is 92.0 cm³/mol. The van der Waals surface area contributed by atoms with Gasteiger partial charge < -0.3 is 21.7 Å². The van der Waals surface area contributed by atoms with Gasteiger partial charge in [-0.25, -0.2) is 0 Å². The van der Waals surface area contributed by atoms with Gasteiger partial charge in [0.05, 0.1) is 11.4 Å². The van der Waals surface area contributed by atoms with E-state index in [4.69, 9.17) is 11.5 Å². The first-order chi connectivity index (χ1) is 10.1. The average Bonchev–Trinajstić information content (AvgIpc) is 2.41. The van der Waals surface area contributed by atoms with Gasteiger partial charge in [0.2, 0.25) is 0 Å². The van der Waals surface area contributed by atoms with Gasteiger partial charge in [-0.2, -0.15) is 0 Å². The fraction of sp³-hybridized carbons (Fsp3) is 0.529. The summed E-state index contributed by atoms with van der Waals surface area (Å²) in [5.74, 6) is 0.601. The molecule has 0 spiro atoms. The summed E-state index contributed by atoms with van der Waals surface area (Å²) in [5, 5.41) is 3.44. The molecule has 0 aliphatic carbocycles. The summed E-state index contributed by atoms with van der Waals surface area (Å²) in [7, 11) is 0. The van der Waals surface area contributed by atoms with E-state index in [0.717, 1.165) is 61.7 Å². The van der Waals surface area contributed by atoms with Crippen molar-refractivity contribution in [2.45, 2.75) is 26.2 Å². The second kappa shape index (κ2) is 7.36. The van der Waals surface area contributed by atoms with E-state index >= 15 is 0 Å². The van der Waals surface area contributed by atoms with Crippen molar-refractivity contribution in [1.82, 2.24) is 4.90 Å². The van der Waals surface area contributed by atoms with Gasteiger partial charge in [-0.05, 0) is 49.4 Å². The van der Waals surface area contributed by atoms with Gasteiger partial charge in [0.25, 0.3) is 0 Å². The molecule has 0 bridgehead atoms. The van der Waals surface area contributed by atoms with Crippen molar-refractivity contribution >= 4 is 17.1 Å². The molecule has 116 valence electrons. The van der Waals surface area contributed by atoms with Crippen molar-refractivity contribution < 1.29 is 0 Å². The Morgan fingerprint density at radius 2 is 2.19 bits per heavy atom. The van der Waals surface area contributed by atoms with Crippen molar-refractivity contribution in [2.24, 2.45) is 11.7 Å². The van der Waals surface area contributed by atoms with Crippen LogP contribution in [0.5, 0.6) is 0 Å². The van der Waals surface area contributed by atoms with Gasteiger partial charge in [0.1, 0.15) is 0 Å². The normalized spacial score (nSPS) is 15.4. The number of benzene rings is 1. The maximum absolute atomic E-state index is 6.16. The fourth-order valence-electron chi connectivity index (χ4n) is 2.52. The summed E-state index contributed by atoms with van der Waals surface area (Å²) in [6, 6.07) is 6.18. The predicted octanol–water partition coefficient (Wildman–Crippen LogP) is 2.73. The van der Waals surface area contributed by atoms with Gasteiger partial charge in [0, 0.05) is 25.3 Å². The minimum absolute atomic E-state index is 0.601. The molecule has 1 fully saturated rings. The van der Waals surface area contributed by atoms with E-state index in [-0.39, 0.29) is 0 Å². The monoisotopic (exact) mass is 288 g/mol. The number of nitrogen functional groups attached to an aromatic ring is 1. The standard InChI is InChI=1S/C17H28N4/c1-13(5-3-8-18)12-20-17-7-6-15(11-16(17)19)14(2)21-9-4-10-21/h6-7,11,13,20H,2-5,8-10,12,18-19H2,1H3. The van der Waals surface area contributed by atoms with Crippen molar-refractivity contribution in [1.29, 1.82) is 0 Å². The van der Waals surface area contributed by atoms with Gasteiger partial charge in [0.15, 0.2) is 0 Å². The van der Waals surface area contributed by atoms with Crippen LogP contribution in [0.3, 0.4) is 0 Å². The number of hydrogen-bond donors (Lipinski definition) is 3. The molecule has 21 heavy (non-hydrogen) atoms. The molecular formula is C17H28N4. The van der Waals surface area contributed by atoms with Crippen molar-refractivity contribution in [3.63, 3.8) is 0 Å². The fourth-order valence-corrected chi connectivity index (χ4v) is 2.52. The average molecular weight is 288 g/mol. The van der Waals surface area contributed by atoms with Crippen LogP contribution in [0.25, 0.3) is 5.70 Å². The smallest absolute Gasteiger partial charge is 0.0574 e. The highest BCUT2D eigenvalue weighted by atomic mass is 15.2. The zero-order valence-electron chi connectivity index (χ0n) is 13.1. The molecule has 1 aliphatic heterocycles. The van der Waals surface area contributed by atoms with E-state index in [1.807, 2.05) is 6.07 Å². The van der Waals surface area contributed by atoms with Gasteiger partial charge in [-0.1, -0.05) is 19.6 Å². The minimum Gasteiger partial charge on any atom is -0.397 e. The van der Waals surface area contributed by atoms with E-state index in [9.17, 15) is 0 Å². The van der Waals surface area contributed by atoms with Crippen LogP contribution in [-0.2, 0) is 0 Å². The third kappa shape index (κ3) is 4.14. The van der Waals surface area contributed by atoms with Crippen molar-refractivity contribution in [3.8, 4) is 0 Å². The second-order valence-electron chi connectivity index (χ2n) is 6.01. The number of nitrogens with zero attached hydrogens (tertiary/aromatic N) is 1. The van der Waals surface area contributed by atoms with Crippen LogP contribution >= 0.6 is 0 Å². The van der Waals surface area contributed by atoms with Crippen LogP contribution in [0.4, 0.5) is 11.4 Å². The Hall–Kier alpha value is -1.68. The maximum atomic E-state index is 6.16. The minimum atomic E-state index is 0.601. The molecule has 2 rings (SSSR count). The molecule has 1 heterocycles. The van der Waals surface area contributed by atoms with Crippen LogP contribution in [0, 0.1) is 5.92 Å². The highest BCUT2D eigenvalue weighted by Crippen LogP contribution is 2.28. The third-order valence-electron chi connectivity index (χ3n) is 4.16. The highest BCUT2D eigenvalue weighted by Gasteiger charge is 2.17. The molecule has 4 heteroatoms. The van der Waals surface area contributed by atoms with Crippen molar-refractivity contribution in [2.75, 3.05) is 37.2 Å². The molecule has 0 saturated carbocycles. The van der Waals surface area contributed by atoms with Gasteiger partial charge in [-0.15, -0.1) is 0 Å². The molecule has 0 aromatic heterocycles. The largest absolute Gasteiger partial charge is 0.397 e. The number of nitrogens with two attached hydrogens (primary N) is 2. The van der Waals surface area contributed by atoms with Crippen molar-refractivity contribution in [3.05, 3.63) is 30.3 Å². The van der Waals surface area contributed by atoms with E-state index in [2.05, 4.69) is 35.9 Å². The number of hydrogen-bond acceptors (Lipinski definition) is 4. The molecular weight excluding hydrogens is 260 g/mol. The lowest BCUT2D eigenvalue weighted by Crippen LogP contribution is -2.35. The number of rotatable bonds is 8. The summed E-state index contributed by atoms with van der Waals surface area (Å²) in [4.78, 5) is 2.29. The Morgan fingerprint density at radius 1 is 1.43 bits per heavy atom. The molecule has 1 saturated heterocycles. The Kier molecular flexibility index (Phi) is 5.51. The number of nitrogens with one attached hydrogen (secondary N) is 1. The van der Waals surface area contributed by atoms with Crippen LogP contribution < -0.4 is 16.8 Å². The Labute approximate surface area is 128 Å². The first-order valence-electron chi connectivity index (χ1n) is 7.89. The van der Waals surface area contributed by atoms with E-state index in [1.165, 1.54) is 6.42 Å². The molecule has 1 aromatic carbocycles. The first kappa shape index (κ1) is 15.7. The lowest BCUT2D eigenvalue weighted by atomic mass is 10.0. The van der Waals surface area contributed by atoms with Crippen LogP contribution in [0.1, 0.15) is 31.7 Å². The van der Waals surface area contributed by atoms with E-state index < -0.39 is 0 Å². The second-order valence-corrected chi connectivity index (χ2v) is 6.01. The number of likely N-dealkylation sites (tertiary alicyclic amines) is 1. The van der Waals surface area contributed by atoms with Gasteiger partial charge >= 0.3 is 0 Å². The third-order valence-corrected chi connectivity index (χ3v) is 4.16. The summed E-state index contributed by atoms with van der Waals surface area (Å²) in [6.07, 6.45) is 3.48. The zero-order valence-corrected chi connectivity index (χ0v) is 13.1. The lowest BCUT2D eigenvalue weighted by Gasteiger charge is -2.35. The molecule has 0 amide bonds. The summed E-state index contributed by atoms with van der Waals surface area (Å²) < 4.78 is 0. The molecule has 1 aromatic rings. The van der Waals surface area contributed by atoms with Gasteiger partial charge in [-0.3, -0.25) is 0 Å². The summed E-state index contributed by atoms with van der Waals surface area (Å²) >= 11 is 0. The summed E-state index contributed by atoms with van der Waals surface area (Å²) in [6.45, 7) is 10.3. The molecule has 5 N–H and O–H groups in total. The molecule has 1 atom stereocenters. The highest BCUT2D eigenvalue weighted by molar-refractivity contribution is 5.74. The summed E-state index contributed by atoms with van der Waals surface area (Å²) in [5.41, 5.74) is 15.7. The van der Waals surface area contributed by atoms with Crippen LogP contribution in [-0.4, -0.2) is 31.1 Å². The number of anilines is 2. The Morgan fingerprint density at radius 3 is 2.76 bits per heavy atom. The lowest BCUT2D eigenvalue weighted by molar-refractivity contribution is 0.282.